The lowest BCUT2D eigenvalue weighted by molar-refractivity contribution is 0.102. The van der Waals surface area contributed by atoms with Crippen LogP contribution in [0.5, 0.6) is 5.75 Å². The summed E-state index contributed by atoms with van der Waals surface area (Å²) in [6, 6.07) is 7.49. The van der Waals surface area contributed by atoms with Crippen LogP contribution in [0.3, 0.4) is 0 Å². The normalized spacial score (nSPS) is 13.2. The van der Waals surface area contributed by atoms with Gasteiger partial charge in [-0.25, -0.2) is 0 Å². The molecule has 0 fully saturated rings. The second-order valence-corrected chi connectivity index (χ2v) is 4.74. The topological polar surface area (TPSA) is 44.1 Å². The Hall–Kier alpha value is -2.10. The summed E-state index contributed by atoms with van der Waals surface area (Å²) in [7, 11) is 0. The molecule has 0 bridgehead atoms. The van der Waals surface area contributed by atoms with E-state index in [-0.39, 0.29) is 5.78 Å². The Morgan fingerprint density at radius 1 is 1.42 bits per heavy atom. The minimum Gasteiger partial charge on any atom is -0.493 e. The van der Waals surface area contributed by atoms with Crippen LogP contribution in [-0.2, 0) is 13.0 Å². The summed E-state index contributed by atoms with van der Waals surface area (Å²) in [6.45, 7) is 5.29. The zero-order valence-corrected chi connectivity index (χ0v) is 11.1. The van der Waals surface area contributed by atoms with Crippen molar-refractivity contribution < 1.29 is 9.53 Å². The van der Waals surface area contributed by atoms with Gasteiger partial charge in [0.1, 0.15) is 11.4 Å². The SMILES string of the molecule is CCn1nc(C)cc1C(=O)c1ccc2c(c1)CCO2. The Kier molecular flexibility index (Phi) is 2.85. The van der Waals surface area contributed by atoms with E-state index in [0.717, 1.165) is 23.4 Å². The van der Waals surface area contributed by atoms with Crippen molar-refractivity contribution >= 4 is 5.78 Å². The van der Waals surface area contributed by atoms with Crippen LogP contribution in [0.15, 0.2) is 24.3 Å². The van der Waals surface area contributed by atoms with E-state index in [1.165, 1.54) is 0 Å². The maximum Gasteiger partial charge on any atom is 0.211 e. The molecule has 0 amide bonds. The summed E-state index contributed by atoms with van der Waals surface area (Å²) < 4.78 is 7.21. The minimum absolute atomic E-state index is 0.0251. The summed E-state index contributed by atoms with van der Waals surface area (Å²) >= 11 is 0. The number of hydrogen-bond donors (Lipinski definition) is 0. The molecular weight excluding hydrogens is 240 g/mol. The summed E-state index contributed by atoms with van der Waals surface area (Å²) in [5.74, 6) is 0.925. The average molecular weight is 256 g/mol. The van der Waals surface area contributed by atoms with E-state index in [1.54, 1.807) is 4.68 Å². The van der Waals surface area contributed by atoms with Gasteiger partial charge in [0.25, 0.3) is 0 Å². The van der Waals surface area contributed by atoms with E-state index in [1.807, 2.05) is 38.1 Å². The Bertz CT molecular complexity index is 644. The number of nitrogens with zero attached hydrogens (tertiary/aromatic N) is 2. The van der Waals surface area contributed by atoms with Crippen LogP contribution < -0.4 is 4.74 Å². The highest BCUT2D eigenvalue weighted by Crippen LogP contribution is 2.26. The third-order valence-electron chi connectivity index (χ3n) is 3.39. The minimum atomic E-state index is 0.0251. The predicted octanol–water partition coefficient (Wildman–Crippen LogP) is 2.38. The smallest absolute Gasteiger partial charge is 0.211 e. The molecular formula is C15H16N2O2. The maximum atomic E-state index is 12.5. The van der Waals surface area contributed by atoms with Crippen molar-refractivity contribution in [3.8, 4) is 5.75 Å². The fourth-order valence-corrected chi connectivity index (χ4v) is 2.45. The van der Waals surface area contributed by atoms with E-state index in [0.29, 0.717) is 24.4 Å². The number of carbonyl (C=O) groups excluding carboxylic acids is 1. The zero-order chi connectivity index (χ0) is 13.4. The van der Waals surface area contributed by atoms with E-state index in [9.17, 15) is 4.79 Å². The van der Waals surface area contributed by atoms with Crippen molar-refractivity contribution in [2.24, 2.45) is 0 Å². The van der Waals surface area contributed by atoms with Gasteiger partial charge in [0.05, 0.1) is 12.3 Å². The maximum absolute atomic E-state index is 12.5. The monoisotopic (exact) mass is 256 g/mol. The molecule has 0 aliphatic carbocycles. The summed E-state index contributed by atoms with van der Waals surface area (Å²) in [6.07, 6.45) is 0.878. The number of hydrogen-bond acceptors (Lipinski definition) is 3. The van der Waals surface area contributed by atoms with Gasteiger partial charge in [-0.3, -0.25) is 9.48 Å². The number of carbonyl (C=O) groups is 1. The number of rotatable bonds is 3. The Balaban J connectivity index is 1.99. The molecule has 4 heteroatoms. The first-order chi connectivity index (χ1) is 9.19. The molecule has 0 N–H and O–H groups in total. The molecule has 0 spiro atoms. The number of benzene rings is 1. The second kappa shape index (κ2) is 4.53. The first kappa shape index (κ1) is 12.0. The van der Waals surface area contributed by atoms with E-state index in [2.05, 4.69) is 5.10 Å². The van der Waals surface area contributed by atoms with Crippen molar-refractivity contribution in [2.75, 3.05) is 6.61 Å². The number of aryl methyl sites for hydroxylation is 2. The second-order valence-electron chi connectivity index (χ2n) is 4.74. The van der Waals surface area contributed by atoms with Crippen molar-refractivity contribution in [1.29, 1.82) is 0 Å². The van der Waals surface area contributed by atoms with Gasteiger partial charge in [-0.05, 0) is 43.7 Å². The molecule has 1 aliphatic heterocycles. The van der Waals surface area contributed by atoms with Crippen LogP contribution in [0.2, 0.25) is 0 Å². The first-order valence-electron chi connectivity index (χ1n) is 6.54. The lowest BCUT2D eigenvalue weighted by Gasteiger charge is -2.05. The van der Waals surface area contributed by atoms with Gasteiger partial charge in [0.2, 0.25) is 5.78 Å². The molecule has 2 heterocycles. The van der Waals surface area contributed by atoms with Gasteiger partial charge in [0, 0.05) is 18.5 Å². The standard InChI is InChI=1S/C15H16N2O2/c1-3-17-13(8-10(2)16-17)15(18)12-4-5-14-11(9-12)6-7-19-14/h4-5,8-9H,3,6-7H2,1-2H3. The third-order valence-corrected chi connectivity index (χ3v) is 3.39. The zero-order valence-electron chi connectivity index (χ0n) is 11.1. The molecule has 0 unspecified atom stereocenters. The molecule has 1 aromatic heterocycles. The van der Waals surface area contributed by atoms with Gasteiger partial charge >= 0.3 is 0 Å². The summed E-state index contributed by atoms with van der Waals surface area (Å²) in [5, 5.41) is 4.32. The lowest BCUT2D eigenvalue weighted by Crippen LogP contribution is -2.10. The highest BCUT2D eigenvalue weighted by Gasteiger charge is 2.19. The Morgan fingerprint density at radius 2 is 2.26 bits per heavy atom. The van der Waals surface area contributed by atoms with E-state index >= 15 is 0 Å². The molecule has 98 valence electrons. The number of ketones is 1. The summed E-state index contributed by atoms with van der Waals surface area (Å²) in [5.41, 5.74) is 3.34. The van der Waals surface area contributed by atoms with Gasteiger partial charge in [-0.2, -0.15) is 5.10 Å². The van der Waals surface area contributed by atoms with Crippen LogP contribution >= 0.6 is 0 Å². The number of fused-ring (bicyclic) bond motifs is 1. The van der Waals surface area contributed by atoms with Crippen LogP contribution in [0.25, 0.3) is 0 Å². The summed E-state index contributed by atoms with van der Waals surface area (Å²) in [4.78, 5) is 12.5. The molecule has 1 aliphatic rings. The quantitative estimate of drug-likeness (QED) is 0.792. The van der Waals surface area contributed by atoms with Crippen molar-refractivity contribution in [2.45, 2.75) is 26.8 Å². The highest BCUT2D eigenvalue weighted by atomic mass is 16.5. The molecule has 4 nitrogen and oxygen atoms in total. The molecule has 0 saturated heterocycles. The lowest BCUT2D eigenvalue weighted by atomic mass is 10.0. The molecule has 0 atom stereocenters. The number of aromatic nitrogens is 2. The van der Waals surface area contributed by atoms with Crippen LogP contribution in [0.4, 0.5) is 0 Å². The molecule has 19 heavy (non-hydrogen) atoms. The molecule has 3 rings (SSSR count). The van der Waals surface area contributed by atoms with E-state index in [4.69, 9.17) is 4.74 Å². The number of ether oxygens (including phenoxy) is 1. The highest BCUT2D eigenvalue weighted by molar-refractivity contribution is 6.08. The van der Waals surface area contributed by atoms with Crippen molar-refractivity contribution in [3.63, 3.8) is 0 Å². The fourth-order valence-electron chi connectivity index (χ4n) is 2.45. The Morgan fingerprint density at radius 3 is 3.05 bits per heavy atom. The molecule has 2 aromatic rings. The molecule has 0 radical (unpaired) electrons. The largest absolute Gasteiger partial charge is 0.493 e. The predicted molar refractivity (Wildman–Crippen MR) is 71.7 cm³/mol. The Labute approximate surface area is 112 Å². The third kappa shape index (κ3) is 2.03. The fraction of sp³-hybridized carbons (Fsp3) is 0.333. The van der Waals surface area contributed by atoms with Crippen molar-refractivity contribution in [3.05, 3.63) is 46.8 Å². The van der Waals surface area contributed by atoms with E-state index < -0.39 is 0 Å². The van der Waals surface area contributed by atoms with Gasteiger partial charge < -0.3 is 4.74 Å². The molecule has 0 saturated carbocycles. The van der Waals surface area contributed by atoms with Gasteiger partial charge in [-0.1, -0.05) is 0 Å². The molecule has 1 aromatic carbocycles. The van der Waals surface area contributed by atoms with Crippen LogP contribution in [0.1, 0.15) is 34.2 Å². The van der Waals surface area contributed by atoms with Gasteiger partial charge in [-0.15, -0.1) is 0 Å². The van der Waals surface area contributed by atoms with Crippen LogP contribution in [-0.4, -0.2) is 22.2 Å². The van der Waals surface area contributed by atoms with Gasteiger partial charge in [0.15, 0.2) is 0 Å². The first-order valence-corrected chi connectivity index (χ1v) is 6.54. The van der Waals surface area contributed by atoms with Crippen LogP contribution in [0, 0.1) is 6.92 Å². The average Bonchev–Trinajstić information content (AvgIpc) is 3.02. The van der Waals surface area contributed by atoms with Crippen molar-refractivity contribution in [1.82, 2.24) is 9.78 Å².